The zero-order valence-corrected chi connectivity index (χ0v) is 18.9. The highest BCUT2D eigenvalue weighted by Crippen LogP contribution is 2.27. The first-order valence-corrected chi connectivity index (χ1v) is 10.7. The number of amides is 1. The Morgan fingerprint density at radius 3 is 2.45 bits per heavy atom. The Bertz CT molecular complexity index is 1020. The summed E-state index contributed by atoms with van der Waals surface area (Å²) >= 11 is 0. The standard InChI is InChI=1S/C24H32N2O5/c1-6-26(7-2)17-8-9-18-20(12-15(3)4)19(24(30)31-21(18)14-17)10-11-22(27)25-16(5)13-23(28)29/h8-11,14-16H,6-7,12-13H2,1-5H3,(H,25,27)(H,28,29)/b11-10+. The molecule has 0 aliphatic heterocycles. The maximum absolute atomic E-state index is 12.8. The summed E-state index contributed by atoms with van der Waals surface area (Å²) in [5.41, 5.74) is 2.21. The van der Waals surface area contributed by atoms with Gasteiger partial charge in [0.05, 0.1) is 12.0 Å². The van der Waals surface area contributed by atoms with Crippen molar-refractivity contribution in [3.63, 3.8) is 0 Å². The molecule has 1 aromatic heterocycles. The number of carboxylic acids is 1. The summed E-state index contributed by atoms with van der Waals surface area (Å²) < 4.78 is 5.62. The van der Waals surface area contributed by atoms with Crippen LogP contribution >= 0.6 is 0 Å². The number of nitrogens with zero attached hydrogens (tertiary/aromatic N) is 1. The van der Waals surface area contributed by atoms with Crippen LogP contribution in [-0.4, -0.2) is 36.1 Å². The largest absolute Gasteiger partial charge is 0.481 e. The van der Waals surface area contributed by atoms with Crippen molar-refractivity contribution in [3.8, 4) is 0 Å². The lowest BCUT2D eigenvalue weighted by Crippen LogP contribution is -2.32. The second-order valence-electron chi connectivity index (χ2n) is 8.07. The van der Waals surface area contributed by atoms with E-state index in [2.05, 4.69) is 37.9 Å². The highest BCUT2D eigenvalue weighted by Gasteiger charge is 2.16. The number of hydrogen-bond donors (Lipinski definition) is 2. The summed E-state index contributed by atoms with van der Waals surface area (Å²) in [6.45, 7) is 11.6. The number of nitrogens with one attached hydrogen (secondary N) is 1. The molecule has 7 nitrogen and oxygen atoms in total. The topological polar surface area (TPSA) is 99.9 Å². The molecule has 0 saturated carbocycles. The lowest BCUT2D eigenvalue weighted by Gasteiger charge is -2.21. The van der Waals surface area contributed by atoms with Crippen molar-refractivity contribution in [1.29, 1.82) is 0 Å². The van der Waals surface area contributed by atoms with Crippen molar-refractivity contribution in [2.75, 3.05) is 18.0 Å². The highest BCUT2D eigenvalue weighted by atomic mass is 16.4. The molecule has 1 unspecified atom stereocenters. The minimum absolute atomic E-state index is 0.175. The third-order valence-corrected chi connectivity index (χ3v) is 5.05. The van der Waals surface area contributed by atoms with Crippen molar-refractivity contribution in [3.05, 3.63) is 45.8 Å². The van der Waals surface area contributed by atoms with E-state index in [0.717, 1.165) is 29.7 Å². The second-order valence-corrected chi connectivity index (χ2v) is 8.07. The summed E-state index contributed by atoms with van der Waals surface area (Å²) in [7, 11) is 0. The predicted octanol–water partition coefficient (Wildman–Crippen LogP) is 3.83. The maximum atomic E-state index is 12.8. The van der Waals surface area contributed by atoms with Gasteiger partial charge in [-0.3, -0.25) is 9.59 Å². The third-order valence-electron chi connectivity index (χ3n) is 5.05. The lowest BCUT2D eigenvalue weighted by molar-refractivity contribution is -0.137. The molecule has 168 valence electrons. The van der Waals surface area contributed by atoms with Crippen molar-refractivity contribution in [1.82, 2.24) is 5.32 Å². The van der Waals surface area contributed by atoms with Crippen LogP contribution in [0.4, 0.5) is 5.69 Å². The number of aliphatic carboxylic acids is 1. The predicted molar refractivity (Wildman–Crippen MR) is 123 cm³/mol. The van der Waals surface area contributed by atoms with E-state index < -0.39 is 23.5 Å². The Labute approximate surface area is 182 Å². The van der Waals surface area contributed by atoms with Crippen LogP contribution in [0.2, 0.25) is 0 Å². The molecule has 7 heteroatoms. The van der Waals surface area contributed by atoms with Gasteiger partial charge in [-0.1, -0.05) is 13.8 Å². The molecule has 2 N–H and O–H groups in total. The minimum Gasteiger partial charge on any atom is -0.481 e. The molecule has 1 aromatic carbocycles. The summed E-state index contributed by atoms with van der Waals surface area (Å²) in [6.07, 6.45) is 3.20. The first kappa shape index (κ1) is 24.2. The summed E-state index contributed by atoms with van der Waals surface area (Å²) in [5.74, 6) is -1.15. The molecule has 0 saturated heterocycles. The van der Waals surface area contributed by atoms with Gasteiger partial charge in [-0.2, -0.15) is 0 Å². The maximum Gasteiger partial charge on any atom is 0.343 e. The van der Waals surface area contributed by atoms with Crippen LogP contribution in [-0.2, 0) is 16.0 Å². The molecule has 0 spiro atoms. The van der Waals surface area contributed by atoms with E-state index in [1.807, 2.05) is 18.2 Å². The number of rotatable bonds is 10. The SMILES string of the molecule is CCN(CC)c1ccc2c(CC(C)C)c(/C=C/C(=O)NC(C)CC(=O)O)c(=O)oc2c1. The van der Waals surface area contributed by atoms with Gasteiger partial charge in [0.15, 0.2) is 0 Å². The normalized spacial score (nSPS) is 12.5. The van der Waals surface area contributed by atoms with Gasteiger partial charge in [0.25, 0.3) is 0 Å². The fraction of sp³-hybridized carbons (Fsp3) is 0.458. The van der Waals surface area contributed by atoms with E-state index in [1.54, 1.807) is 6.92 Å². The average Bonchev–Trinajstić information content (AvgIpc) is 2.67. The van der Waals surface area contributed by atoms with Crippen molar-refractivity contribution in [2.45, 2.75) is 53.5 Å². The van der Waals surface area contributed by atoms with E-state index in [0.29, 0.717) is 23.5 Å². The van der Waals surface area contributed by atoms with Gasteiger partial charge in [-0.05, 0) is 56.9 Å². The van der Waals surface area contributed by atoms with Gasteiger partial charge in [-0.25, -0.2) is 4.79 Å². The minimum atomic E-state index is -0.991. The first-order chi connectivity index (χ1) is 14.7. The van der Waals surface area contributed by atoms with E-state index in [-0.39, 0.29) is 6.42 Å². The number of benzene rings is 1. The number of fused-ring (bicyclic) bond motifs is 1. The Morgan fingerprint density at radius 1 is 1.19 bits per heavy atom. The van der Waals surface area contributed by atoms with E-state index in [1.165, 1.54) is 12.2 Å². The van der Waals surface area contributed by atoms with Crippen LogP contribution in [0.1, 0.15) is 52.2 Å². The number of hydrogen-bond acceptors (Lipinski definition) is 5. The van der Waals surface area contributed by atoms with Crippen LogP contribution in [0, 0.1) is 5.92 Å². The van der Waals surface area contributed by atoms with Gasteiger partial charge in [0.1, 0.15) is 5.58 Å². The van der Waals surface area contributed by atoms with E-state index in [9.17, 15) is 14.4 Å². The molecule has 0 radical (unpaired) electrons. The smallest absolute Gasteiger partial charge is 0.343 e. The van der Waals surface area contributed by atoms with Crippen LogP contribution in [0.3, 0.4) is 0 Å². The van der Waals surface area contributed by atoms with Crippen LogP contribution < -0.4 is 15.8 Å². The monoisotopic (exact) mass is 428 g/mol. The summed E-state index contributed by atoms with van der Waals surface area (Å²) in [6, 6.07) is 5.36. The summed E-state index contributed by atoms with van der Waals surface area (Å²) in [4.78, 5) is 37.9. The van der Waals surface area contributed by atoms with Gasteiger partial charge in [0, 0.05) is 42.3 Å². The molecule has 0 bridgehead atoms. The molecule has 2 rings (SSSR count). The number of carbonyl (C=O) groups excluding carboxylic acids is 1. The second kappa shape index (κ2) is 10.8. The third kappa shape index (κ3) is 6.44. The average molecular weight is 429 g/mol. The van der Waals surface area contributed by atoms with Crippen LogP contribution in [0.5, 0.6) is 0 Å². The Balaban J connectivity index is 2.46. The number of anilines is 1. The first-order valence-electron chi connectivity index (χ1n) is 10.7. The molecule has 0 aliphatic carbocycles. The molecule has 2 aromatic rings. The fourth-order valence-corrected chi connectivity index (χ4v) is 3.61. The molecular formula is C24H32N2O5. The summed E-state index contributed by atoms with van der Waals surface area (Å²) in [5, 5.41) is 12.3. The van der Waals surface area contributed by atoms with Crippen LogP contribution in [0.15, 0.2) is 33.5 Å². The van der Waals surface area contributed by atoms with Gasteiger partial charge >= 0.3 is 11.6 Å². The van der Waals surface area contributed by atoms with Crippen molar-refractivity contribution < 1.29 is 19.1 Å². The van der Waals surface area contributed by atoms with Crippen molar-refractivity contribution in [2.24, 2.45) is 5.92 Å². The Hall–Kier alpha value is -3.09. The molecule has 1 atom stereocenters. The van der Waals surface area contributed by atoms with Gasteiger partial charge < -0.3 is 19.7 Å². The molecule has 1 heterocycles. The fourth-order valence-electron chi connectivity index (χ4n) is 3.61. The molecule has 0 aliphatic rings. The van der Waals surface area contributed by atoms with E-state index >= 15 is 0 Å². The lowest BCUT2D eigenvalue weighted by atomic mass is 9.95. The Kier molecular flexibility index (Phi) is 8.42. The Morgan fingerprint density at radius 2 is 1.87 bits per heavy atom. The zero-order valence-electron chi connectivity index (χ0n) is 18.9. The molecule has 31 heavy (non-hydrogen) atoms. The molecule has 1 amide bonds. The van der Waals surface area contributed by atoms with Crippen molar-refractivity contribution >= 4 is 34.6 Å². The van der Waals surface area contributed by atoms with Gasteiger partial charge in [-0.15, -0.1) is 0 Å². The van der Waals surface area contributed by atoms with Gasteiger partial charge in [0.2, 0.25) is 5.91 Å². The van der Waals surface area contributed by atoms with Crippen LogP contribution in [0.25, 0.3) is 17.0 Å². The molecule has 0 fully saturated rings. The number of carbonyl (C=O) groups is 2. The number of carboxylic acid groups (broad SMARTS) is 1. The highest BCUT2D eigenvalue weighted by molar-refractivity contribution is 5.93. The zero-order chi connectivity index (χ0) is 23.1. The quantitative estimate of drug-likeness (QED) is 0.441. The van der Waals surface area contributed by atoms with E-state index in [4.69, 9.17) is 9.52 Å². The molecular weight excluding hydrogens is 396 g/mol.